The summed E-state index contributed by atoms with van der Waals surface area (Å²) in [5, 5.41) is 58.9. The van der Waals surface area contributed by atoms with Crippen LogP contribution in [0.25, 0.3) is 0 Å². The summed E-state index contributed by atoms with van der Waals surface area (Å²) in [6.45, 7) is 9.43. The molecular weight excluding hydrogens is 640 g/mol. The molecule has 1 heterocycles. The van der Waals surface area contributed by atoms with Crippen LogP contribution in [0.5, 0.6) is 0 Å². The lowest BCUT2D eigenvalue weighted by Gasteiger charge is -2.77. The van der Waals surface area contributed by atoms with Crippen LogP contribution in [0.1, 0.15) is 111 Å². The smallest absolute Gasteiger partial charge is 0.159 e. The lowest BCUT2D eigenvalue weighted by Crippen LogP contribution is -2.76. The zero-order valence-electron chi connectivity index (χ0n) is 31.4. The first-order chi connectivity index (χ1) is 24.1. The van der Waals surface area contributed by atoms with Gasteiger partial charge in [0, 0.05) is 35.7 Å². The molecule has 0 amide bonds. The number of nitrogens with zero attached hydrogens (tertiary/aromatic N) is 2. The van der Waals surface area contributed by atoms with Gasteiger partial charge in [0.05, 0.1) is 37.4 Å². The van der Waals surface area contributed by atoms with E-state index in [0.717, 1.165) is 70.8 Å². The van der Waals surface area contributed by atoms with Gasteiger partial charge < -0.3 is 30.1 Å². The van der Waals surface area contributed by atoms with Gasteiger partial charge in [-0.2, -0.15) is 0 Å². The van der Waals surface area contributed by atoms with Gasteiger partial charge in [-0.25, -0.2) is 4.98 Å². The van der Waals surface area contributed by atoms with E-state index in [4.69, 9.17) is 0 Å². The molecule has 8 heteroatoms. The van der Waals surface area contributed by atoms with Crippen molar-refractivity contribution in [3.63, 3.8) is 0 Å². The number of carbonyl (C=O) groups excluding carboxylic acids is 1. The molecule has 2 spiro atoms. The van der Waals surface area contributed by atoms with Gasteiger partial charge in [-0.05, 0) is 134 Å². The molecule has 14 unspecified atom stereocenters. The highest BCUT2D eigenvalue weighted by atomic mass is 16.3. The molecule has 51 heavy (non-hydrogen) atoms. The summed E-state index contributed by atoms with van der Waals surface area (Å²) in [5.41, 5.74) is -3.33. The van der Waals surface area contributed by atoms with Gasteiger partial charge in [0.15, 0.2) is 5.78 Å². The predicted molar refractivity (Wildman–Crippen MR) is 193 cm³/mol. The van der Waals surface area contributed by atoms with Gasteiger partial charge in [0.2, 0.25) is 0 Å². The van der Waals surface area contributed by atoms with Crippen LogP contribution < -0.4 is 0 Å². The first kappa shape index (κ1) is 34.9. The molecule has 6 saturated carbocycles. The van der Waals surface area contributed by atoms with Crippen molar-refractivity contribution in [3.05, 3.63) is 42.5 Å². The van der Waals surface area contributed by atoms with Gasteiger partial charge in [-0.15, -0.1) is 0 Å². The second kappa shape index (κ2) is 10.9. The van der Waals surface area contributed by atoms with Crippen LogP contribution >= 0.6 is 0 Å². The molecule has 2 bridgehead atoms. The molecule has 6 fully saturated rings. The fourth-order valence-corrected chi connectivity index (χ4v) is 16.9. The maximum Gasteiger partial charge on any atom is 0.159 e. The molecule has 0 aromatic carbocycles. The van der Waals surface area contributed by atoms with Crippen molar-refractivity contribution in [1.29, 1.82) is 0 Å². The molecule has 0 saturated heterocycles. The maximum atomic E-state index is 15.6. The van der Waals surface area contributed by atoms with Gasteiger partial charge in [0.1, 0.15) is 0 Å². The highest BCUT2D eigenvalue weighted by Crippen LogP contribution is 2.83. The van der Waals surface area contributed by atoms with Crippen molar-refractivity contribution in [2.24, 2.45) is 67.5 Å². The van der Waals surface area contributed by atoms with E-state index >= 15 is 4.79 Å². The number of ketones is 1. The first-order valence-corrected chi connectivity index (χ1v) is 20.3. The molecule has 8 nitrogen and oxygen atoms in total. The lowest BCUT2D eigenvalue weighted by molar-refractivity contribution is -0.282. The Morgan fingerprint density at radius 1 is 0.980 bits per heavy atom. The quantitative estimate of drug-likeness (QED) is 0.252. The number of rotatable bonds is 5. The number of imidazole rings is 1. The summed E-state index contributed by atoms with van der Waals surface area (Å²) < 4.78 is 2.18. The summed E-state index contributed by atoms with van der Waals surface area (Å²) in [4.78, 5) is 19.9. The van der Waals surface area contributed by atoms with Crippen molar-refractivity contribution >= 4 is 5.78 Å². The van der Waals surface area contributed by atoms with E-state index in [0.29, 0.717) is 25.2 Å². The van der Waals surface area contributed by atoms with Crippen LogP contribution in [0, 0.1) is 67.5 Å². The third kappa shape index (κ3) is 4.00. The molecule has 0 aliphatic heterocycles. The highest BCUT2D eigenvalue weighted by molar-refractivity contribution is 5.96. The van der Waals surface area contributed by atoms with Gasteiger partial charge in [-0.3, -0.25) is 4.79 Å². The Balaban J connectivity index is 1.28. The molecule has 1 aromatic rings. The minimum Gasteiger partial charge on any atom is -0.396 e. The Morgan fingerprint density at radius 3 is 2.49 bits per heavy atom. The highest BCUT2D eigenvalue weighted by Gasteiger charge is 2.81. The third-order valence-electron chi connectivity index (χ3n) is 18.5. The van der Waals surface area contributed by atoms with Crippen molar-refractivity contribution < 1.29 is 30.3 Å². The molecule has 0 radical (unpaired) electrons. The van der Waals surface area contributed by atoms with Gasteiger partial charge >= 0.3 is 0 Å². The topological polar surface area (TPSA) is 136 Å². The van der Waals surface area contributed by atoms with E-state index < -0.39 is 51.5 Å². The Kier molecular flexibility index (Phi) is 7.45. The lowest BCUT2D eigenvalue weighted by atomic mass is 9.27. The van der Waals surface area contributed by atoms with Gasteiger partial charge in [-0.1, -0.05) is 51.8 Å². The van der Waals surface area contributed by atoms with E-state index in [-0.39, 0.29) is 46.9 Å². The number of fused-ring (bicyclic) bond motifs is 2. The Labute approximate surface area is 303 Å². The molecule has 1 aromatic heterocycles. The van der Waals surface area contributed by atoms with E-state index in [2.05, 4.69) is 42.5 Å². The van der Waals surface area contributed by atoms with Crippen LogP contribution in [-0.4, -0.2) is 71.9 Å². The van der Waals surface area contributed by atoms with Crippen LogP contribution in [0.3, 0.4) is 0 Å². The maximum absolute atomic E-state index is 15.6. The number of aromatic nitrogens is 2. The van der Waals surface area contributed by atoms with Crippen molar-refractivity contribution in [2.75, 3.05) is 13.2 Å². The van der Waals surface area contributed by atoms with Crippen molar-refractivity contribution in [2.45, 2.75) is 136 Å². The molecule has 9 rings (SSSR count). The summed E-state index contributed by atoms with van der Waals surface area (Å²) in [7, 11) is 0. The number of hydrogen-bond donors (Lipinski definition) is 5. The van der Waals surface area contributed by atoms with Gasteiger partial charge in [0.25, 0.3) is 0 Å². The number of allylic oxidation sites excluding steroid dienone is 3. The number of aliphatic hydroxyl groups is 5. The standard InChI is InChI=1S/C43H62N2O6/c1-36(2)20-30-29-18-31(48)35-39-12-7-27(21-45-17-16-44-26-45)19-40(35,14-9-32(39)38(4,34(50)22-46)33(49)10-13-39)37(29,3)24-42(51)15-8-28-6-5-11-41(28,23-36)43(30,42)25-47/h8,15-18,26-28,30,32-35,46-47,49-51H,5-7,9-14,19-25H2,1-4H3. The molecule has 5 N–H and O–H groups in total. The summed E-state index contributed by atoms with van der Waals surface area (Å²) in [6.07, 6.45) is 21.3. The van der Waals surface area contributed by atoms with Crippen LogP contribution in [-0.2, 0) is 11.3 Å². The van der Waals surface area contributed by atoms with E-state index in [1.54, 1.807) is 0 Å². The second-order valence-corrected chi connectivity index (χ2v) is 20.6. The molecule has 14 atom stereocenters. The van der Waals surface area contributed by atoms with Crippen LogP contribution in [0.15, 0.2) is 42.5 Å². The fourth-order valence-electron chi connectivity index (χ4n) is 16.9. The van der Waals surface area contributed by atoms with Crippen LogP contribution in [0.4, 0.5) is 0 Å². The SMILES string of the molecule is CC1(C)CC2C3=CC(=O)C4C56CCC(Cn7ccnc7)CC4(CCC5C(C)(C(O)CO)C(O)CC6)C3(C)CC3(O)C=CC4CCCC4(C1)C23CO. The molecule has 8 aliphatic rings. The van der Waals surface area contributed by atoms with E-state index in [1.807, 2.05) is 31.7 Å². The number of carbonyl (C=O) groups is 1. The summed E-state index contributed by atoms with van der Waals surface area (Å²) >= 11 is 0. The largest absolute Gasteiger partial charge is 0.396 e. The molecular formula is C43H62N2O6. The second-order valence-electron chi connectivity index (χ2n) is 20.6. The number of aliphatic hydroxyl groups excluding tert-OH is 4. The predicted octanol–water partition coefficient (Wildman–Crippen LogP) is 5.62. The average molecular weight is 703 g/mol. The Morgan fingerprint density at radius 2 is 1.76 bits per heavy atom. The fraction of sp³-hybridized carbons (Fsp3) is 0.814. The minimum atomic E-state index is -1.21. The summed E-state index contributed by atoms with van der Waals surface area (Å²) in [6, 6.07) is 0. The Bertz CT molecular complexity index is 1650. The summed E-state index contributed by atoms with van der Waals surface area (Å²) in [5.74, 6) is 0.237. The van der Waals surface area contributed by atoms with Crippen molar-refractivity contribution in [1.82, 2.24) is 9.55 Å². The first-order valence-electron chi connectivity index (χ1n) is 20.3. The monoisotopic (exact) mass is 702 g/mol. The van der Waals surface area contributed by atoms with Crippen molar-refractivity contribution in [3.8, 4) is 0 Å². The molecule has 8 aliphatic carbocycles. The Hall–Kier alpha value is -1.84. The number of hydrogen-bond acceptors (Lipinski definition) is 7. The molecule has 280 valence electrons. The normalized spacial score (nSPS) is 52.7. The zero-order chi connectivity index (χ0) is 36.0. The average Bonchev–Trinajstić information content (AvgIpc) is 3.73. The minimum absolute atomic E-state index is 0.0112. The van der Waals surface area contributed by atoms with E-state index in [1.165, 1.54) is 5.57 Å². The zero-order valence-corrected chi connectivity index (χ0v) is 31.4. The third-order valence-corrected chi connectivity index (χ3v) is 18.5. The van der Waals surface area contributed by atoms with Crippen LogP contribution in [0.2, 0.25) is 0 Å². The van der Waals surface area contributed by atoms with E-state index in [9.17, 15) is 25.5 Å².